The number of furan rings is 1. The highest BCUT2D eigenvalue weighted by Gasteiger charge is 2.52. The Morgan fingerprint density at radius 3 is 2.86 bits per heavy atom. The van der Waals surface area contributed by atoms with Gasteiger partial charge in [-0.05, 0) is 38.1 Å². The van der Waals surface area contributed by atoms with Gasteiger partial charge in [0, 0.05) is 41.8 Å². The van der Waals surface area contributed by atoms with Gasteiger partial charge in [0.25, 0.3) is 0 Å². The minimum Gasteiger partial charge on any atom is -0.472 e. The van der Waals surface area contributed by atoms with Crippen molar-refractivity contribution >= 4 is 0 Å². The first-order valence-electron chi connectivity index (χ1n) is 7.75. The topological polar surface area (TPSA) is 38.5 Å². The summed E-state index contributed by atoms with van der Waals surface area (Å²) in [4.78, 5) is 7.11. The van der Waals surface area contributed by atoms with Crippen LogP contribution in [0.15, 0.2) is 35.3 Å². The van der Waals surface area contributed by atoms with Crippen molar-refractivity contribution in [3.63, 3.8) is 0 Å². The maximum atomic E-state index is 6.37. The van der Waals surface area contributed by atoms with E-state index in [1.165, 1.54) is 31.5 Å². The van der Waals surface area contributed by atoms with Gasteiger partial charge in [0.05, 0.1) is 12.5 Å². The van der Waals surface area contributed by atoms with Crippen molar-refractivity contribution in [2.24, 2.45) is 5.92 Å². The van der Waals surface area contributed by atoms with Gasteiger partial charge in [0.15, 0.2) is 0 Å². The fourth-order valence-corrected chi connectivity index (χ4v) is 4.29. The minimum absolute atomic E-state index is 0.0130. The van der Waals surface area contributed by atoms with Crippen LogP contribution in [-0.2, 0) is 6.42 Å². The number of aromatic nitrogens is 1. The molecule has 3 saturated heterocycles. The molecule has 6 heterocycles. The molecule has 0 saturated carbocycles. The molecule has 4 heteroatoms. The highest BCUT2D eigenvalue weighted by atomic mass is 16.5. The molecule has 4 aliphatic heterocycles. The van der Waals surface area contributed by atoms with Crippen LogP contribution in [0.3, 0.4) is 0 Å². The molecule has 6 rings (SSSR count). The molecule has 1 atom stereocenters. The fourth-order valence-electron chi connectivity index (χ4n) is 4.29. The summed E-state index contributed by atoms with van der Waals surface area (Å²) in [5, 5.41) is 0. The van der Waals surface area contributed by atoms with Crippen molar-refractivity contribution in [3.05, 3.63) is 36.4 Å². The lowest BCUT2D eigenvalue weighted by molar-refractivity contribution is -0.0814. The molecule has 2 aromatic rings. The zero-order valence-electron chi connectivity index (χ0n) is 11.9. The highest BCUT2D eigenvalue weighted by molar-refractivity contribution is 5.63. The van der Waals surface area contributed by atoms with Crippen molar-refractivity contribution in [2.75, 3.05) is 19.6 Å². The Balaban J connectivity index is 1.51. The first-order valence-corrected chi connectivity index (χ1v) is 7.75. The molecule has 1 spiro atoms. The molecule has 2 bridgehead atoms. The number of rotatable bonds is 1. The zero-order chi connectivity index (χ0) is 13.9. The third-order valence-corrected chi connectivity index (χ3v) is 5.39. The molecular formula is C17H18N2O2. The second-order valence-corrected chi connectivity index (χ2v) is 6.59. The summed E-state index contributed by atoms with van der Waals surface area (Å²) in [6.45, 7) is 3.54. The second kappa shape index (κ2) is 4.10. The SMILES string of the molecule is c1cc(-c2cnc3c(c2)C[C@@]2(CN4CCC2CC4)O3)co1. The third-order valence-electron chi connectivity index (χ3n) is 5.39. The lowest BCUT2D eigenvalue weighted by Gasteiger charge is -2.50. The fraction of sp³-hybridized carbons (Fsp3) is 0.471. The summed E-state index contributed by atoms with van der Waals surface area (Å²) in [6, 6.07) is 4.20. The molecule has 4 aliphatic rings. The van der Waals surface area contributed by atoms with Gasteiger partial charge in [-0.3, -0.25) is 4.90 Å². The van der Waals surface area contributed by atoms with Crippen LogP contribution in [0.25, 0.3) is 11.1 Å². The second-order valence-electron chi connectivity index (χ2n) is 6.59. The monoisotopic (exact) mass is 282 g/mol. The Hall–Kier alpha value is -1.81. The summed E-state index contributed by atoms with van der Waals surface area (Å²) < 4.78 is 11.5. The van der Waals surface area contributed by atoms with E-state index in [0.717, 1.165) is 30.0 Å². The van der Waals surface area contributed by atoms with Gasteiger partial charge in [0.1, 0.15) is 5.60 Å². The smallest absolute Gasteiger partial charge is 0.217 e. The average molecular weight is 282 g/mol. The van der Waals surface area contributed by atoms with Crippen LogP contribution < -0.4 is 4.74 Å². The molecule has 0 aliphatic carbocycles. The van der Waals surface area contributed by atoms with Gasteiger partial charge >= 0.3 is 0 Å². The van der Waals surface area contributed by atoms with E-state index in [1.807, 2.05) is 12.3 Å². The standard InChI is InChI=1S/C17H18N2O2/c1-4-19-5-2-15(1)17(11-19)8-13-7-14(9-18-16(13)21-17)12-3-6-20-10-12/h3,6-7,9-10,15H,1-2,4-5,8,11H2/t17-/m0/s1. The molecule has 0 radical (unpaired) electrons. The quantitative estimate of drug-likeness (QED) is 0.806. The summed E-state index contributed by atoms with van der Waals surface area (Å²) >= 11 is 0. The Morgan fingerprint density at radius 1 is 1.24 bits per heavy atom. The zero-order valence-corrected chi connectivity index (χ0v) is 11.9. The van der Waals surface area contributed by atoms with Gasteiger partial charge in [-0.2, -0.15) is 0 Å². The Bertz CT molecular complexity index is 674. The lowest BCUT2D eigenvalue weighted by atomic mass is 9.73. The van der Waals surface area contributed by atoms with Crippen LogP contribution in [0, 0.1) is 5.92 Å². The van der Waals surface area contributed by atoms with E-state index < -0.39 is 0 Å². The van der Waals surface area contributed by atoms with Gasteiger partial charge < -0.3 is 9.15 Å². The van der Waals surface area contributed by atoms with E-state index in [-0.39, 0.29) is 5.60 Å². The van der Waals surface area contributed by atoms with Crippen LogP contribution in [0.2, 0.25) is 0 Å². The number of ether oxygens (including phenoxy) is 1. The van der Waals surface area contributed by atoms with E-state index in [9.17, 15) is 0 Å². The van der Waals surface area contributed by atoms with Gasteiger partial charge in [-0.1, -0.05) is 0 Å². The molecule has 4 nitrogen and oxygen atoms in total. The van der Waals surface area contributed by atoms with E-state index in [0.29, 0.717) is 5.92 Å². The van der Waals surface area contributed by atoms with Crippen molar-refractivity contribution in [2.45, 2.75) is 24.9 Å². The van der Waals surface area contributed by atoms with Crippen LogP contribution in [0.5, 0.6) is 5.88 Å². The molecule has 0 aromatic carbocycles. The largest absolute Gasteiger partial charge is 0.472 e. The summed E-state index contributed by atoms with van der Waals surface area (Å²) in [5.41, 5.74) is 3.44. The van der Waals surface area contributed by atoms with Gasteiger partial charge in [-0.15, -0.1) is 0 Å². The van der Waals surface area contributed by atoms with E-state index >= 15 is 0 Å². The summed E-state index contributed by atoms with van der Waals surface area (Å²) in [6.07, 6.45) is 8.90. The number of hydrogen-bond acceptors (Lipinski definition) is 4. The van der Waals surface area contributed by atoms with Crippen molar-refractivity contribution in [3.8, 4) is 17.0 Å². The summed E-state index contributed by atoms with van der Waals surface area (Å²) in [7, 11) is 0. The number of piperidine rings is 3. The van der Waals surface area contributed by atoms with E-state index in [2.05, 4.69) is 16.0 Å². The molecular weight excluding hydrogens is 264 g/mol. The Kier molecular flexibility index (Phi) is 2.31. The van der Waals surface area contributed by atoms with Crippen LogP contribution in [0.1, 0.15) is 18.4 Å². The predicted molar refractivity (Wildman–Crippen MR) is 78.2 cm³/mol. The maximum absolute atomic E-state index is 6.37. The molecule has 3 fully saturated rings. The predicted octanol–water partition coefficient (Wildman–Crippen LogP) is 2.74. The number of hydrogen-bond donors (Lipinski definition) is 0. The van der Waals surface area contributed by atoms with Crippen LogP contribution in [-0.4, -0.2) is 35.1 Å². The van der Waals surface area contributed by atoms with Crippen molar-refractivity contribution in [1.82, 2.24) is 9.88 Å². The van der Waals surface area contributed by atoms with Crippen LogP contribution in [0.4, 0.5) is 0 Å². The van der Waals surface area contributed by atoms with E-state index in [1.54, 1.807) is 12.5 Å². The van der Waals surface area contributed by atoms with Crippen molar-refractivity contribution < 1.29 is 9.15 Å². The molecule has 108 valence electrons. The number of nitrogens with zero attached hydrogens (tertiary/aromatic N) is 2. The number of fused-ring (bicyclic) bond motifs is 3. The lowest BCUT2D eigenvalue weighted by Crippen LogP contribution is -2.61. The molecule has 21 heavy (non-hydrogen) atoms. The van der Waals surface area contributed by atoms with Gasteiger partial charge in [-0.25, -0.2) is 4.98 Å². The number of pyridine rings is 1. The van der Waals surface area contributed by atoms with Gasteiger partial charge in [0.2, 0.25) is 5.88 Å². The van der Waals surface area contributed by atoms with Crippen molar-refractivity contribution in [1.29, 1.82) is 0 Å². The van der Waals surface area contributed by atoms with E-state index in [4.69, 9.17) is 9.15 Å². The Labute approximate surface area is 123 Å². The first-order chi connectivity index (χ1) is 10.3. The molecule has 0 N–H and O–H groups in total. The third kappa shape index (κ3) is 1.69. The Morgan fingerprint density at radius 2 is 2.14 bits per heavy atom. The molecule has 0 unspecified atom stereocenters. The average Bonchev–Trinajstić information content (AvgIpc) is 3.14. The first kappa shape index (κ1) is 11.8. The minimum atomic E-state index is -0.0130. The summed E-state index contributed by atoms with van der Waals surface area (Å²) in [5.74, 6) is 1.53. The highest BCUT2D eigenvalue weighted by Crippen LogP contribution is 2.46. The maximum Gasteiger partial charge on any atom is 0.217 e. The molecule has 0 amide bonds. The molecule has 2 aromatic heterocycles. The van der Waals surface area contributed by atoms with Crippen LogP contribution >= 0.6 is 0 Å². The normalized spacial score (nSPS) is 33.1.